The fourth-order valence-corrected chi connectivity index (χ4v) is 3.58. The monoisotopic (exact) mass is 453 g/mol. The van der Waals surface area contributed by atoms with Gasteiger partial charge in [0.1, 0.15) is 6.10 Å². The van der Waals surface area contributed by atoms with Gasteiger partial charge in [0.05, 0.1) is 19.8 Å². The zero-order valence-electron chi connectivity index (χ0n) is 19.0. The lowest BCUT2D eigenvalue weighted by Crippen LogP contribution is -2.28. The maximum atomic E-state index is 12.1. The Morgan fingerprint density at radius 2 is 1.47 bits per heavy atom. The summed E-state index contributed by atoms with van der Waals surface area (Å²) in [4.78, 5) is 21.7. The number of hydrogen-bond donors (Lipinski definition) is 2. The highest BCUT2D eigenvalue weighted by Crippen LogP contribution is 2.43. The quantitative estimate of drug-likeness (QED) is 0.137. The van der Waals surface area contributed by atoms with Crippen molar-refractivity contribution < 1.29 is 32.8 Å². The second kappa shape index (κ2) is 20.4. The van der Waals surface area contributed by atoms with E-state index in [1.54, 1.807) is 0 Å². The van der Waals surface area contributed by atoms with E-state index in [0.717, 1.165) is 44.9 Å². The van der Waals surface area contributed by atoms with Crippen LogP contribution in [0.15, 0.2) is 0 Å². The highest BCUT2D eigenvalue weighted by molar-refractivity contribution is 7.47. The molecule has 0 aliphatic rings. The molecule has 2 atom stereocenters. The Hall–Kier alpha value is -0.500. The number of phosphoric acid groups is 1. The van der Waals surface area contributed by atoms with Crippen LogP contribution in [0.5, 0.6) is 0 Å². The van der Waals surface area contributed by atoms with Crippen molar-refractivity contribution in [3.8, 4) is 0 Å². The first kappa shape index (κ1) is 29.5. The average molecular weight is 454 g/mol. The molecule has 0 aromatic carbocycles. The standard InChI is InChI=1S/C21H44NO7P/c1-3-5-7-9-11-13-16-26-18-20(19-28-30(24,25)27-17-15-22)29-21(23)14-12-10-8-6-4-2/h20H,3-19,22H2,1-2H3,(H,24,25). The van der Waals surface area contributed by atoms with Crippen LogP contribution in [-0.4, -0.2) is 49.9 Å². The Labute approximate surface area is 182 Å². The minimum Gasteiger partial charge on any atom is -0.457 e. The lowest BCUT2D eigenvalue weighted by Gasteiger charge is -2.20. The van der Waals surface area contributed by atoms with E-state index in [2.05, 4.69) is 13.8 Å². The van der Waals surface area contributed by atoms with Crippen LogP contribution in [0.4, 0.5) is 0 Å². The molecule has 8 nitrogen and oxygen atoms in total. The molecule has 0 fully saturated rings. The molecule has 0 saturated carbocycles. The van der Waals surface area contributed by atoms with Gasteiger partial charge in [0.15, 0.2) is 0 Å². The summed E-state index contributed by atoms with van der Waals surface area (Å²) in [7, 11) is -4.23. The van der Waals surface area contributed by atoms with Crippen molar-refractivity contribution >= 4 is 13.8 Å². The summed E-state index contributed by atoms with van der Waals surface area (Å²) in [6.45, 7) is 4.74. The van der Waals surface area contributed by atoms with Crippen molar-refractivity contribution in [3.63, 3.8) is 0 Å². The largest absolute Gasteiger partial charge is 0.472 e. The second-order valence-electron chi connectivity index (χ2n) is 7.50. The van der Waals surface area contributed by atoms with Crippen LogP contribution in [0.1, 0.15) is 90.9 Å². The van der Waals surface area contributed by atoms with Gasteiger partial charge in [-0.1, -0.05) is 71.6 Å². The Kier molecular flexibility index (Phi) is 20.1. The first-order chi connectivity index (χ1) is 14.4. The minimum atomic E-state index is -4.23. The third-order valence-corrected chi connectivity index (χ3v) is 5.51. The van der Waals surface area contributed by atoms with E-state index in [1.165, 1.54) is 25.7 Å². The molecule has 0 aromatic rings. The van der Waals surface area contributed by atoms with Gasteiger partial charge in [0.2, 0.25) is 0 Å². The van der Waals surface area contributed by atoms with E-state index in [9.17, 15) is 14.3 Å². The molecule has 0 heterocycles. The summed E-state index contributed by atoms with van der Waals surface area (Å²) in [5.41, 5.74) is 5.26. The molecule has 9 heteroatoms. The van der Waals surface area contributed by atoms with E-state index in [-0.39, 0.29) is 32.3 Å². The van der Waals surface area contributed by atoms with Crippen molar-refractivity contribution in [2.45, 2.75) is 97.0 Å². The van der Waals surface area contributed by atoms with Crippen LogP contribution in [-0.2, 0) is 27.9 Å². The number of carbonyl (C=O) groups excluding carboxylic acids is 1. The first-order valence-electron chi connectivity index (χ1n) is 11.5. The van der Waals surface area contributed by atoms with Gasteiger partial charge in [0, 0.05) is 19.6 Å². The van der Waals surface area contributed by atoms with Crippen LogP contribution in [0.25, 0.3) is 0 Å². The lowest BCUT2D eigenvalue weighted by atomic mass is 10.1. The minimum absolute atomic E-state index is 0.0927. The van der Waals surface area contributed by atoms with Crippen LogP contribution < -0.4 is 5.73 Å². The SMILES string of the molecule is CCCCCCCCOCC(COP(=O)(O)OCCN)OC(=O)CCCCCCC. The molecule has 0 radical (unpaired) electrons. The number of unbranched alkanes of at least 4 members (excludes halogenated alkanes) is 9. The molecule has 30 heavy (non-hydrogen) atoms. The zero-order valence-corrected chi connectivity index (χ0v) is 19.9. The molecule has 0 saturated heterocycles. The topological polar surface area (TPSA) is 117 Å². The molecule has 0 rings (SSSR count). The molecular weight excluding hydrogens is 409 g/mol. The van der Waals surface area contributed by atoms with Crippen molar-refractivity contribution in [2.75, 3.05) is 33.0 Å². The number of hydrogen-bond acceptors (Lipinski definition) is 7. The molecule has 0 aromatic heterocycles. The van der Waals surface area contributed by atoms with Crippen LogP contribution in [0, 0.1) is 0 Å². The van der Waals surface area contributed by atoms with E-state index >= 15 is 0 Å². The average Bonchev–Trinajstić information content (AvgIpc) is 2.72. The van der Waals surface area contributed by atoms with Crippen molar-refractivity contribution in [2.24, 2.45) is 5.73 Å². The summed E-state index contributed by atoms with van der Waals surface area (Å²) in [5.74, 6) is -0.348. The van der Waals surface area contributed by atoms with E-state index < -0.39 is 13.9 Å². The Balaban J connectivity index is 4.29. The summed E-state index contributed by atoms with van der Waals surface area (Å²) in [6.07, 6.45) is 11.6. The summed E-state index contributed by atoms with van der Waals surface area (Å²) in [6, 6.07) is 0. The van der Waals surface area contributed by atoms with E-state index in [4.69, 9.17) is 24.3 Å². The lowest BCUT2D eigenvalue weighted by molar-refractivity contribution is -0.154. The van der Waals surface area contributed by atoms with Gasteiger partial charge in [0.25, 0.3) is 0 Å². The highest BCUT2D eigenvalue weighted by Gasteiger charge is 2.25. The third kappa shape index (κ3) is 19.5. The zero-order chi connectivity index (χ0) is 22.5. The second-order valence-corrected chi connectivity index (χ2v) is 8.96. The van der Waals surface area contributed by atoms with Gasteiger partial charge in [-0.25, -0.2) is 4.57 Å². The fraction of sp³-hybridized carbons (Fsp3) is 0.952. The van der Waals surface area contributed by atoms with Gasteiger partial charge >= 0.3 is 13.8 Å². The molecule has 0 aliphatic heterocycles. The number of ether oxygens (including phenoxy) is 2. The smallest absolute Gasteiger partial charge is 0.457 e. The molecular formula is C21H44NO7P. The van der Waals surface area contributed by atoms with Crippen molar-refractivity contribution in [1.82, 2.24) is 0 Å². The maximum absolute atomic E-state index is 12.1. The predicted molar refractivity (Wildman–Crippen MR) is 118 cm³/mol. The van der Waals surface area contributed by atoms with Gasteiger partial charge < -0.3 is 20.1 Å². The predicted octanol–water partition coefficient (Wildman–Crippen LogP) is 4.73. The van der Waals surface area contributed by atoms with Crippen LogP contribution in [0.3, 0.4) is 0 Å². The number of carbonyl (C=O) groups is 1. The van der Waals surface area contributed by atoms with Gasteiger partial charge in [-0.15, -0.1) is 0 Å². The molecule has 0 amide bonds. The molecule has 180 valence electrons. The maximum Gasteiger partial charge on any atom is 0.472 e. The van der Waals surface area contributed by atoms with Gasteiger partial charge in [-0.2, -0.15) is 0 Å². The van der Waals surface area contributed by atoms with E-state index in [0.29, 0.717) is 13.0 Å². The highest BCUT2D eigenvalue weighted by atomic mass is 31.2. The molecule has 2 unspecified atom stereocenters. The summed E-state index contributed by atoms with van der Waals surface area (Å²) < 4.78 is 32.5. The van der Waals surface area contributed by atoms with Gasteiger partial charge in [-0.3, -0.25) is 13.8 Å². The van der Waals surface area contributed by atoms with Crippen molar-refractivity contribution in [1.29, 1.82) is 0 Å². The molecule has 0 bridgehead atoms. The number of esters is 1. The first-order valence-corrected chi connectivity index (χ1v) is 13.0. The summed E-state index contributed by atoms with van der Waals surface area (Å²) in [5, 5.41) is 0. The third-order valence-electron chi connectivity index (χ3n) is 4.52. The van der Waals surface area contributed by atoms with E-state index in [1.807, 2.05) is 0 Å². The molecule has 0 aliphatic carbocycles. The molecule has 3 N–H and O–H groups in total. The Morgan fingerprint density at radius 3 is 2.10 bits per heavy atom. The number of nitrogens with two attached hydrogens (primary N) is 1. The van der Waals surface area contributed by atoms with Crippen molar-refractivity contribution in [3.05, 3.63) is 0 Å². The number of phosphoric ester groups is 1. The summed E-state index contributed by atoms with van der Waals surface area (Å²) >= 11 is 0. The number of rotatable bonds is 22. The van der Waals surface area contributed by atoms with Crippen LogP contribution >= 0.6 is 7.82 Å². The Bertz CT molecular complexity index is 451. The van der Waals surface area contributed by atoms with Gasteiger partial charge in [-0.05, 0) is 12.8 Å². The normalized spacial score (nSPS) is 14.4. The van der Waals surface area contributed by atoms with Crippen LogP contribution in [0.2, 0.25) is 0 Å². The molecule has 0 spiro atoms. The Morgan fingerprint density at radius 1 is 0.867 bits per heavy atom. The fourth-order valence-electron chi connectivity index (χ4n) is 2.82.